The lowest BCUT2D eigenvalue weighted by Gasteiger charge is -2.26. The third-order valence-electron chi connectivity index (χ3n) is 5.65. The number of ether oxygens (including phenoxy) is 3. The van der Waals surface area contributed by atoms with E-state index in [1.807, 2.05) is 13.8 Å². The van der Waals surface area contributed by atoms with Gasteiger partial charge in [0.2, 0.25) is 11.8 Å². The SMILES string of the molecule is CCOC(=O)/C=C/[C@H](C[C@@H]1CCNC1=O)NC(=O)[C@H](CC(C)C)NC(=O)/C(NC(=O)OCC)=C(/C)OC(C)(C)C. The molecule has 0 aromatic carbocycles. The minimum absolute atomic E-state index is 0.0163. The Morgan fingerprint density at radius 3 is 2.25 bits per heavy atom. The molecule has 1 rings (SSSR count). The molecule has 0 aliphatic carbocycles. The number of alkyl carbamates (subject to hydrolysis) is 1. The lowest BCUT2D eigenvalue weighted by Crippen LogP contribution is -2.52. The van der Waals surface area contributed by atoms with Crippen LogP contribution >= 0.6 is 0 Å². The zero-order valence-electron chi connectivity index (χ0n) is 25.0. The van der Waals surface area contributed by atoms with Crippen LogP contribution in [0.3, 0.4) is 0 Å². The monoisotopic (exact) mass is 566 g/mol. The molecule has 3 atom stereocenters. The number of rotatable bonds is 14. The molecule has 4 amide bonds. The first kappa shape index (κ1) is 34.5. The Morgan fingerprint density at radius 2 is 1.73 bits per heavy atom. The number of nitrogens with one attached hydrogen (secondary N) is 4. The fourth-order valence-electron chi connectivity index (χ4n) is 4.05. The highest BCUT2D eigenvalue weighted by Crippen LogP contribution is 2.18. The van der Waals surface area contributed by atoms with Gasteiger partial charge in [-0.2, -0.15) is 0 Å². The summed E-state index contributed by atoms with van der Waals surface area (Å²) in [6.45, 7) is 14.8. The van der Waals surface area contributed by atoms with E-state index in [0.717, 1.165) is 0 Å². The third-order valence-corrected chi connectivity index (χ3v) is 5.65. The normalized spacial score (nSPS) is 17.4. The van der Waals surface area contributed by atoms with Gasteiger partial charge >= 0.3 is 12.1 Å². The summed E-state index contributed by atoms with van der Waals surface area (Å²) in [6, 6.07) is -1.67. The molecule has 0 radical (unpaired) electrons. The van der Waals surface area contributed by atoms with Crippen LogP contribution < -0.4 is 21.3 Å². The molecule has 0 saturated carbocycles. The van der Waals surface area contributed by atoms with Gasteiger partial charge in [-0.3, -0.25) is 19.7 Å². The Hall–Kier alpha value is -3.57. The number of carbonyl (C=O) groups excluding carboxylic acids is 5. The first-order valence-electron chi connectivity index (χ1n) is 13.7. The average molecular weight is 567 g/mol. The van der Waals surface area contributed by atoms with Gasteiger partial charge in [0.25, 0.3) is 5.91 Å². The number of carbonyl (C=O) groups is 5. The van der Waals surface area contributed by atoms with E-state index < -0.39 is 41.6 Å². The van der Waals surface area contributed by atoms with E-state index in [2.05, 4.69) is 21.3 Å². The standard InChI is InChI=1S/C28H46N4O8/c1-9-38-22(33)12-11-20(16-19-13-14-29-24(19)34)30-25(35)21(15-17(3)4)31-26(36)23(32-27(37)39-10-2)18(5)40-28(6,7)8/h11-12,17,19-21H,9-10,13-16H2,1-8H3,(H,29,34)(H,30,35)(H,31,36)(H,32,37)/b12-11+,23-18+/t19-,20+,21-/m0/s1. The molecular formula is C28H46N4O8. The predicted molar refractivity (Wildman–Crippen MR) is 149 cm³/mol. The zero-order chi connectivity index (χ0) is 30.5. The molecule has 40 heavy (non-hydrogen) atoms. The van der Waals surface area contributed by atoms with Crippen molar-refractivity contribution in [3.63, 3.8) is 0 Å². The summed E-state index contributed by atoms with van der Waals surface area (Å²) in [4.78, 5) is 63.1. The topological polar surface area (TPSA) is 161 Å². The first-order valence-corrected chi connectivity index (χ1v) is 13.7. The summed E-state index contributed by atoms with van der Waals surface area (Å²) in [5.74, 6) is -2.11. The summed E-state index contributed by atoms with van der Waals surface area (Å²) < 4.78 is 15.7. The minimum atomic E-state index is -0.996. The van der Waals surface area contributed by atoms with Crippen LogP contribution in [0.5, 0.6) is 0 Å². The second-order valence-corrected chi connectivity index (χ2v) is 10.9. The van der Waals surface area contributed by atoms with Gasteiger partial charge in [-0.15, -0.1) is 0 Å². The third kappa shape index (κ3) is 13.0. The second-order valence-electron chi connectivity index (χ2n) is 10.9. The van der Waals surface area contributed by atoms with Gasteiger partial charge in [-0.1, -0.05) is 19.9 Å². The van der Waals surface area contributed by atoms with E-state index in [-0.39, 0.29) is 55.3 Å². The summed E-state index contributed by atoms with van der Waals surface area (Å²) in [5.41, 5.74) is -0.845. The highest BCUT2D eigenvalue weighted by Gasteiger charge is 2.31. The molecule has 12 heteroatoms. The summed E-state index contributed by atoms with van der Waals surface area (Å²) >= 11 is 0. The Bertz CT molecular complexity index is 968. The highest BCUT2D eigenvalue weighted by atomic mass is 16.5. The lowest BCUT2D eigenvalue weighted by molar-refractivity contribution is -0.137. The van der Waals surface area contributed by atoms with E-state index in [9.17, 15) is 24.0 Å². The Kier molecular flexibility index (Phi) is 14.2. The van der Waals surface area contributed by atoms with Crippen LogP contribution in [0, 0.1) is 11.8 Å². The van der Waals surface area contributed by atoms with E-state index in [4.69, 9.17) is 14.2 Å². The number of esters is 1. The smallest absolute Gasteiger partial charge is 0.411 e. The average Bonchev–Trinajstić information content (AvgIpc) is 3.23. The molecule has 0 unspecified atom stereocenters. The van der Waals surface area contributed by atoms with Gasteiger partial charge in [-0.05, 0) is 66.7 Å². The maximum absolute atomic E-state index is 13.5. The lowest BCUT2D eigenvalue weighted by atomic mass is 9.97. The molecule has 226 valence electrons. The largest absolute Gasteiger partial charge is 0.490 e. The Labute approximate surface area is 237 Å². The molecule has 0 bridgehead atoms. The number of allylic oxidation sites excluding steroid dienone is 1. The molecular weight excluding hydrogens is 520 g/mol. The highest BCUT2D eigenvalue weighted by molar-refractivity contribution is 5.99. The van der Waals surface area contributed by atoms with Crippen molar-refractivity contribution in [3.05, 3.63) is 23.6 Å². The number of amides is 4. The van der Waals surface area contributed by atoms with Crippen molar-refractivity contribution in [1.82, 2.24) is 21.3 Å². The van der Waals surface area contributed by atoms with E-state index >= 15 is 0 Å². The molecule has 12 nitrogen and oxygen atoms in total. The van der Waals surface area contributed by atoms with Crippen LogP contribution in [0.15, 0.2) is 23.6 Å². The summed E-state index contributed by atoms with van der Waals surface area (Å²) in [6.07, 6.45) is 3.02. The molecule has 1 heterocycles. The van der Waals surface area contributed by atoms with E-state index in [1.165, 1.54) is 19.1 Å². The second kappa shape index (κ2) is 16.5. The van der Waals surface area contributed by atoms with Gasteiger partial charge in [-0.25, -0.2) is 9.59 Å². The number of hydrogen-bond donors (Lipinski definition) is 4. The van der Waals surface area contributed by atoms with E-state index in [1.54, 1.807) is 34.6 Å². The molecule has 1 aliphatic rings. The molecule has 1 aliphatic heterocycles. The van der Waals surface area contributed by atoms with Crippen molar-refractivity contribution in [3.8, 4) is 0 Å². The quantitative estimate of drug-likeness (QED) is 0.142. The molecule has 1 saturated heterocycles. The van der Waals surface area contributed by atoms with Crippen LogP contribution in [-0.4, -0.2) is 67.2 Å². The van der Waals surface area contributed by atoms with Crippen molar-refractivity contribution < 1.29 is 38.2 Å². The van der Waals surface area contributed by atoms with Crippen molar-refractivity contribution in [2.45, 2.75) is 92.3 Å². The van der Waals surface area contributed by atoms with Crippen molar-refractivity contribution in [1.29, 1.82) is 0 Å². The summed E-state index contributed by atoms with van der Waals surface area (Å²) in [5, 5.41) is 10.7. The number of hydrogen-bond acceptors (Lipinski definition) is 8. The molecule has 0 spiro atoms. The fourth-order valence-corrected chi connectivity index (χ4v) is 4.05. The Morgan fingerprint density at radius 1 is 1.07 bits per heavy atom. The molecule has 4 N–H and O–H groups in total. The van der Waals surface area contributed by atoms with Crippen LogP contribution in [0.2, 0.25) is 0 Å². The Balaban J connectivity index is 3.22. The van der Waals surface area contributed by atoms with Gasteiger partial charge < -0.3 is 30.2 Å². The van der Waals surface area contributed by atoms with Gasteiger partial charge in [0.1, 0.15) is 23.1 Å². The van der Waals surface area contributed by atoms with Crippen LogP contribution in [0.1, 0.15) is 74.7 Å². The van der Waals surface area contributed by atoms with Crippen molar-refractivity contribution in [2.75, 3.05) is 19.8 Å². The van der Waals surface area contributed by atoms with Crippen LogP contribution in [0.4, 0.5) is 4.79 Å². The predicted octanol–water partition coefficient (Wildman–Crippen LogP) is 2.44. The molecule has 0 aromatic rings. The van der Waals surface area contributed by atoms with Crippen LogP contribution in [-0.2, 0) is 33.4 Å². The van der Waals surface area contributed by atoms with Gasteiger partial charge in [0.05, 0.1) is 13.2 Å². The summed E-state index contributed by atoms with van der Waals surface area (Å²) in [7, 11) is 0. The van der Waals surface area contributed by atoms with Crippen molar-refractivity contribution in [2.24, 2.45) is 11.8 Å². The maximum Gasteiger partial charge on any atom is 0.411 e. The van der Waals surface area contributed by atoms with Gasteiger partial charge in [0.15, 0.2) is 0 Å². The molecule has 0 aromatic heterocycles. The zero-order valence-corrected chi connectivity index (χ0v) is 25.0. The minimum Gasteiger partial charge on any atom is -0.490 e. The van der Waals surface area contributed by atoms with Crippen LogP contribution in [0.25, 0.3) is 0 Å². The van der Waals surface area contributed by atoms with Gasteiger partial charge in [0, 0.05) is 24.6 Å². The first-order chi connectivity index (χ1) is 18.7. The molecule has 1 fully saturated rings. The van der Waals surface area contributed by atoms with Crippen molar-refractivity contribution >= 4 is 29.8 Å². The fraction of sp³-hybridized carbons (Fsp3) is 0.679. The van der Waals surface area contributed by atoms with E-state index in [0.29, 0.717) is 13.0 Å². The maximum atomic E-state index is 13.5.